The lowest BCUT2D eigenvalue weighted by molar-refractivity contribution is -0.135. The predicted octanol–water partition coefficient (Wildman–Crippen LogP) is 3.05. The zero-order chi connectivity index (χ0) is 25.4. The number of aromatic nitrogens is 3. The van der Waals surface area contributed by atoms with Crippen molar-refractivity contribution in [2.75, 3.05) is 26.3 Å². The van der Waals surface area contributed by atoms with Crippen molar-refractivity contribution in [3.8, 4) is 17.0 Å². The molecule has 0 bridgehead atoms. The van der Waals surface area contributed by atoms with Gasteiger partial charge >= 0.3 is 0 Å². The van der Waals surface area contributed by atoms with E-state index in [1.165, 1.54) is 12.8 Å². The summed E-state index contributed by atoms with van der Waals surface area (Å²) >= 11 is 0. The highest BCUT2D eigenvalue weighted by molar-refractivity contribution is 6.09. The summed E-state index contributed by atoms with van der Waals surface area (Å²) in [5.74, 6) is 1.53. The van der Waals surface area contributed by atoms with Crippen molar-refractivity contribution in [1.29, 1.82) is 0 Å². The van der Waals surface area contributed by atoms with Gasteiger partial charge in [0.15, 0.2) is 0 Å². The Hall–Kier alpha value is -3.46. The number of aliphatic hydroxyl groups is 1. The number of nitrogens with zero attached hydrogens (tertiary/aromatic N) is 3. The average Bonchev–Trinajstić information content (AvgIpc) is 3.63. The van der Waals surface area contributed by atoms with Gasteiger partial charge in [-0.15, -0.1) is 0 Å². The highest BCUT2D eigenvalue weighted by Crippen LogP contribution is 2.37. The van der Waals surface area contributed by atoms with Crippen molar-refractivity contribution in [2.45, 2.75) is 52.5 Å². The molecular weight excluding hydrogens is 458 g/mol. The summed E-state index contributed by atoms with van der Waals surface area (Å²) in [4.78, 5) is 39.6. The number of ether oxygens (including phenoxy) is 1. The fraction of sp³-hybridized carbons (Fsp3) is 0.481. The van der Waals surface area contributed by atoms with Gasteiger partial charge in [0.05, 0.1) is 17.7 Å². The largest absolute Gasteiger partial charge is 0.493 e. The first-order valence-corrected chi connectivity index (χ1v) is 12.6. The minimum atomic E-state index is -0.485. The number of hydrogen-bond donors (Lipinski definition) is 3. The minimum absolute atomic E-state index is 0.0498. The SMILES string of the molecule is Cc1ccc(OCC2CC2)c(-c2nc(C)nc3c(C(=O)NC4CCN(C(=O)CO)CC4)c(C)[nH]c23)c1. The zero-order valence-electron chi connectivity index (χ0n) is 21.1. The van der Waals surface area contributed by atoms with Crippen molar-refractivity contribution in [2.24, 2.45) is 5.92 Å². The second-order valence-corrected chi connectivity index (χ2v) is 10.0. The molecule has 1 saturated heterocycles. The van der Waals surface area contributed by atoms with E-state index in [0.717, 1.165) is 28.3 Å². The number of carbonyl (C=O) groups is 2. The van der Waals surface area contributed by atoms with Crippen LogP contribution >= 0.6 is 0 Å². The van der Waals surface area contributed by atoms with Gasteiger partial charge in [0, 0.05) is 30.4 Å². The Morgan fingerprint density at radius 2 is 1.89 bits per heavy atom. The molecule has 1 aliphatic heterocycles. The number of hydrogen-bond acceptors (Lipinski definition) is 6. The van der Waals surface area contributed by atoms with Gasteiger partial charge in [-0.1, -0.05) is 11.6 Å². The van der Waals surface area contributed by atoms with Crippen LogP contribution in [0.2, 0.25) is 0 Å². The van der Waals surface area contributed by atoms with Gasteiger partial charge in [-0.25, -0.2) is 9.97 Å². The lowest BCUT2D eigenvalue weighted by Crippen LogP contribution is -2.47. The van der Waals surface area contributed by atoms with Gasteiger partial charge in [-0.2, -0.15) is 0 Å². The number of carbonyl (C=O) groups excluding carboxylic acids is 2. The lowest BCUT2D eigenvalue weighted by Gasteiger charge is -2.32. The minimum Gasteiger partial charge on any atom is -0.493 e. The first-order valence-electron chi connectivity index (χ1n) is 12.6. The van der Waals surface area contributed by atoms with Crippen molar-refractivity contribution in [3.05, 3.63) is 40.8 Å². The van der Waals surface area contributed by atoms with Crippen LogP contribution in [0.1, 0.15) is 53.1 Å². The highest BCUT2D eigenvalue weighted by Gasteiger charge is 2.28. The number of amides is 2. The maximum Gasteiger partial charge on any atom is 0.255 e. The van der Waals surface area contributed by atoms with Crippen LogP contribution in [0.25, 0.3) is 22.3 Å². The number of aryl methyl sites for hydroxylation is 3. The number of aromatic amines is 1. The van der Waals surface area contributed by atoms with E-state index in [0.29, 0.717) is 60.9 Å². The van der Waals surface area contributed by atoms with Gasteiger partial charge in [-0.05, 0) is 64.5 Å². The van der Waals surface area contributed by atoms with Crippen LogP contribution in [0, 0.1) is 26.7 Å². The summed E-state index contributed by atoms with van der Waals surface area (Å²) in [6.07, 6.45) is 3.71. The van der Waals surface area contributed by atoms with Gasteiger partial charge in [0.1, 0.15) is 29.4 Å². The molecule has 0 radical (unpaired) electrons. The molecule has 2 aliphatic rings. The normalized spacial score (nSPS) is 16.4. The van der Waals surface area contributed by atoms with Gasteiger partial charge in [0.25, 0.3) is 5.91 Å². The first-order chi connectivity index (χ1) is 17.3. The summed E-state index contributed by atoms with van der Waals surface area (Å²) < 4.78 is 6.18. The molecule has 36 heavy (non-hydrogen) atoms. The number of aliphatic hydroxyl groups excluding tert-OH is 1. The second kappa shape index (κ2) is 9.89. The number of nitrogens with one attached hydrogen (secondary N) is 2. The van der Waals surface area contributed by atoms with Crippen LogP contribution in [0.3, 0.4) is 0 Å². The third-order valence-corrected chi connectivity index (χ3v) is 7.05. The van der Waals surface area contributed by atoms with E-state index in [2.05, 4.69) is 21.4 Å². The van der Waals surface area contributed by atoms with Crippen LogP contribution in [-0.4, -0.2) is 69.1 Å². The second-order valence-electron chi connectivity index (χ2n) is 10.0. The highest BCUT2D eigenvalue weighted by atomic mass is 16.5. The Labute approximate surface area is 210 Å². The average molecular weight is 492 g/mol. The fourth-order valence-electron chi connectivity index (χ4n) is 4.85. The molecule has 3 N–H and O–H groups in total. The molecule has 2 fully saturated rings. The van der Waals surface area contributed by atoms with Crippen LogP contribution in [-0.2, 0) is 4.79 Å². The number of H-pyrrole nitrogens is 1. The van der Waals surface area contributed by atoms with Crippen LogP contribution in [0.5, 0.6) is 5.75 Å². The summed E-state index contributed by atoms with van der Waals surface area (Å²) in [6, 6.07) is 6.05. The quantitative estimate of drug-likeness (QED) is 0.467. The number of rotatable bonds is 7. The Morgan fingerprint density at radius 1 is 1.14 bits per heavy atom. The smallest absolute Gasteiger partial charge is 0.255 e. The molecule has 2 aromatic heterocycles. The Morgan fingerprint density at radius 3 is 2.58 bits per heavy atom. The zero-order valence-corrected chi connectivity index (χ0v) is 21.1. The fourth-order valence-corrected chi connectivity index (χ4v) is 4.85. The molecule has 1 aromatic carbocycles. The topological polar surface area (TPSA) is 120 Å². The predicted molar refractivity (Wildman–Crippen MR) is 136 cm³/mol. The summed E-state index contributed by atoms with van der Waals surface area (Å²) in [7, 11) is 0. The molecule has 5 rings (SSSR count). The van der Waals surface area contributed by atoms with Crippen molar-refractivity contribution in [3.63, 3.8) is 0 Å². The van der Waals surface area contributed by atoms with E-state index < -0.39 is 6.61 Å². The molecule has 0 unspecified atom stereocenters. The molecule has 0 spiro atoms. The van der Waals surface area contributed by atoms with Gasteiger partial charge < -0.3 is 25.0 Å². The maximum atomic E-state index is 13.4. The molecule has 9 nitrogen and oxygen atoms in total. The molecule has 3 heterocycles. The third-order valence-electron chi connectivity index (χ3n) is 7.05. The molecule has 3 aromatic rings. The first kappa shape index (κ1) is 24.2. The lowest BCUT2D eigenvalue weighted by atomic mass is 10.0. The molecule has 2 amide bonds. The van der Waals surface area contributed by atoms with E-state index >= 15 is 0 Å². The number of piperidine rings is 1. The van der Waals surface area contributed by atoms with E-state index in [-0.39, 0.29) is 17.9 Å². The van der Waals surface area contributed by atoms with Crippen LogP contribution < -0.4 is 10.1 Å². The molecule has 1 saturated carbocycles. The van der Waals surface area contributed by atoms with Crippen molar-refractivity contribution >= 4 is 22.8 Å². The van der Waals surface area contributed by atoms with Crippen molar-refractivity contribution < 1.29 is 19.4 Å². The molecule has 190 valence electrons. The molecule has 1 aliphatic carbocycles. The Bertz CT molecular complexity index is 1310. The maximum absolute atomic E-state index is 13.4. The van der Waals surface area contributed by atoms with Crippen LogP contribution in [0.4, 0.5) is 0 Å². The summed E-state index contributed by atoms with van der Waals surface area (Å²) in [5.41, 5.74) is 5.26. The summed E-state index contributed by atoms with van der Waals surface area (Å²) in [6.45, 7) is 6.99. The van der Waals surface area contributed by atoms with Crippen molar-refractivity contribution in [1.82, 2.24) is 25.2 Å². The van der Waals surface area contributed by atoms with Gasteiger partial charge in [-0.3, -0.25) is 9.59 Å². The molecule has 9 heteroatoms. The monoisotopic (exact) mass is 491 g/mol. The standard InChI is InChI=1S/C27H33N5O4/c1-15-4-7-21(36-14-18-5-6-18)20(12-15)24-26-25(30-17(3)29-24)23(16(2)28-26)27(35)31-19-8-10-32(11-9-19)22(34)13-33/h4,7,12,18-19,28,33H,5-6,8-11,13-14H2,1-3H3,(H,31,35). The third kappa shape index (κ3) is 4.93. The summed E-state index contributed by atoms with van der Waals surface area (Å²) in [5, 5.41) is 12.2. The Kier molecular flexibility index (Phi) is 6.66. The van der Waals surface area contributed by atoms with E-state index in [9.17, 15) is 9.59 Å². The van der Waals surface area contributed by atoms with Crippen LogP contribution in [0.15, 0.2) is 18.2 Å². The van der Waals surface area contributed by atoms with Gasteiger partial charge in [0.2, 0.25) is 5.91 Å². The number of benzene rings is 1. The number of likely N-dealkylation sites (tertiary alicyclic amines) is 1. The van der Waals surface area contributed by atoms with E-state index in [1.807, 2.05) is 32.9 Å². The number of fused-ring (bicyclic) bond motifs is 1. The van der Waals surface area contributed by atoms with E-state index in [1.54, 1.807) is 4.90 Å². The van der Waals surface area contributed by atoms with E-state index in [4.69, 9.17) is 14.8 Å². The molecule has 0 atom stereocenters. The molecular formula is C27H33N5O4. The Balaban J connectivity index is 1.45.